The monoisotopic (exact) mass is 276 g/mol. The fraction of sp³-hybridized carbons (Fsp3) is 1.00. The first-order valence-electron chi connectivity index (χ1n) is 7.72. The van der Waals surface area contributed by atoms with Crippen LogP contribution in [0.15, 0.2) is 0 Å². The van der Waals surface area contributed by atoms with Gasteiger partial charge in [-0.3, -0.25) is 0 Å². The molecule has 0 aromatic carbocycles. The summed E-state index contributed by atoms with van der Waals surface area (Å²) in [6, 6.07) is 0. The molecule has 1 fully saturated rings. The van der Waals surface area contributed by atoms with E-state index in [1.165, 1.54) is 51.4 Å². The van der Waals surface area contributed by atoms with Crippen LogP contribution in [-0.4, -0.2) is 24.1 Å². The van der Waals surface area contributed by atoms with Gasteiger partial charge in [-0.05, 0) is 56.2 Å². The van der Waals surface area contributed by atoms with E-state index < -0.39 is 0 Å². The fourth-order valence-electron chi connectivity index (χ4n) is 1.58. The average molecular weight is 276 g/mol. The molecule has 0 aliphatic heterocycles. The summed E-state index contributed by atoms with van der Waals surface area (Å²) in [5.74, 6) is 0. The Kier molecular flexibility index (Phi) is 14.0. The number of unbranched alkanes of at least 4 members (excludes halogenated alkanes) is 3. The van der Waals surface area contributed by atoms with E-state index in [0.29, 0.717) is 7.92 Å². The molecule has 0 N–H and O–H groups in total. The van der Waals surface area contributed by atoms with Crippen molar-refractivity contribution in [2.75, 3.05) is 18.5 Å². The standard InChI is InChI=1S/C12H27P.C3H7P/c1-4-7-10-13(11-8-5-2)12-9-6-3;4-3-1-2-3/h4-12H2,1-3H3;3H,1-2,4H2. The predicted molar refractivity (Wildman–Crippen MR) is 89.0 cm³/mol. The van der Waals surface area contributed by atoms with Gasteiger partial charge in [-0.1, -0.05) is 40.0 Å². The van der Waals surface area contributed by atoms with Crippen LogP contribution in [-0.2, 0) is 0 Å². The Bertz CT molecular complexity index is 125. The third kappa shape index (κ3) is 14.8. The lowest BCUT2D eigenvalue weighted by Crippen LogP contribution is -1.95. The van der Waals surface area contributed by atoms with Crippen molar-refractivity contribution in [2.45, 2.75) is 77.8 Å². The molecule has 1 aliphatic rings. The number of rotatable bonds is 9. The van der Waals surface area contributed by atoms with Gasteiger partial charge in [0.25, 0.3) is 0 Å². The van der Waals surface area contributed by atoms with Crippen LogP contribution in [0.4, 0.5) is 0 Å². The van der Waals surface area contributed by atoms with Crippen LogP contribution in [0.25, 0.3) is 0 Å². The molecule has 0 heterocycles. The summed E-state index contributed by atoms with van der Waals surface area (Å²) in [5, 5.41) is 0. The van der Waals surface area contributed by atoms with Crippen molar-refractivity contribution < 1.29 is 0 Å². The second-order valence-corrected chi connectivity index (χ2v) is 8.87. The highest BCUT2D eigenvalue weighted by Gasteiger charge is 2.13. The zero-order chi connectivity index (χ0) is 12.9. The second kappa shape index (κ2) is 13.3. The highest BCUT2D eigenvalue weighted by molar-refractivity contribution is 7.57. The van der Waals surface area contributed by atoms with Crippen molar-refractivity contribution in [3.63, 3.8) is 0 Å². The summed E-state index contributed by atoms with van der Waals surface area (Å²) in [7, 11) is 3.19. The van der Waals surface area contributed by atoms with Crippen LogP contribution in [0.2, 0.25) is 0 Å². The molecule has 2 heteroatoms. The third-order valence-corrected chi connectivity index (χ3v) is 6.62. The minimum atomic E-state index is 0.422. The molecule has 0 radical (unpaired) electrons. The van der Waals surface area contributed by atoms with E-state index in [9.17, 15) is 0 Å². The van der Waals surface area contributed by atoms with Crippen molar-refractivity contribution in [2.24, 2.45) is 0 Å². The molecular formula is C15H34P2. The zero-order valence-corrected chi connectivity index (χ0v) is 14.4. The van der Waals surface area contributed by atoms with Crippen LogP contribution < -0.4 is 0 Å². The maximum absolute atomic E-state index is 2.77. The quantitative estimate of drug-likeness (QED) is 0.460. The summed E-state index contributed by atoms with van der Waals surface area (Å²) < 4.78 is 0. The average Bonchev–Trinajstić information content (AvgIpc) is 3.11. The van der Waals surface area contributed by atoms with Crippen molar-refractivity contribution in [1.82, 2.24) is 0 Å². The minimum absolute atomic E-state index is 0.422. The molecule has 0 amide bonds. The minimum Gasteiger partial charge on any atom is -0.134 e. The maximum Gasteiger partial charge on any atom is -0.0264 e. The van der Waals surface area contributed by atoms with E-state index in [1.807, 2.05) is 0 Å². The first kappa shape index (κ1) is 17.9. The molecule has 0 bridgehead atoms. The molecule has 17 heavy (non-hydrogen) atoms. The largest absolute Gasteiger partial charge is 0.134 e. The zero-order valence-electron chi connectivity index (χ0n) is 12.4. The normalized spacial score (nSPS) is 14.6. The van der Waals surface area contributed by atoms with Gasteiger partial charge in [0.15, 0.2) is 0 Å². The van der Waals surface area contributed by atoms with Gasteiger partial charge in [0, 0.05) is 0 Å². The van der Waals surface area contributed by atoms with Gasteiger partial charge in [0.05, 0.1) is 0 Å². The molecule has 1 aliphatic carbocycles. The van der Waals surface area contributed by atoms with Gasteiger partial charge < -0.3 is 0 Å². The van der Waals surface area contributed by atoms with Gasteiger partial charge in [-0.2, -0.15) is 0 Å². The molecule has 1 saturated carbocycles. The van der Waals surface area contributed by atoms with Crippen LogP contribution in [0.3, 0.4) is 0 Å². The molecule has 0 nitrogen and oxygen atoms in total. The van der Waals surface area contributed by atoms with Gasteiger partial charge in [0.2, 0.25) is 0 Å². The molecule has 1 rings (SSSR count). The molecule has 104 valence electrons. The van der Waals surface area contributed by atoms with Gasteiger partial charge in [-0.25, -0.2) is 0 Å². The van der Waals surface area contributed by atoms with E-state index in [-0.39, 0.29) is 0 Å². The Balaban J connectivity index is 0.000000529. The van der Waals surface area contributed by atoms with Crippen molar-refractivity contribution in [3.8, 4) is 0 Å². The van der Waals surface area contributed by atoms with Crippen molar-refractivity contribution in [1.29, 1.82) is 0 Å². The van der Waals surface area contributed by atoms with Gasteiger partial charge in [0.1, 0.15) is 0 Å². The Morgan fingerprint density at radius 2 is 1.12 bits per heavy atom. The summed E-state index contributed by atoms with van der Waals surface area (Å²) >= 11 is 0. The van der Waals surface area contributed by atoms with E-state index in [0.717, 1.165) is 5.66 Å². The molecule has 0 spiro atoms. The van der Waals surface area contributed by atoms with Crippen molar-refractivity contribution >= 4 is 17.2 Å². The number of hydrogen-bond acceptors (Lipinski definition) is 0. The topological polar surface area (TPSA) is 0 Å². The molecule has 1 atom stereocenters. The summed E-state index contributed by atoms with van der Waals surface area (Å²) in [5.41, 5.74) is 1.00. The molecule has 1 unspecified atom stereocenters. The number of hydrogen-bond donors (Lipinski definition) is 0. The van der Waals surface area contributed by atoms with Crippen LogP contribution in [0.1, 0.15) is 72.1 Å². The highest BCUT2D eigenvalue weighted by atomic mass is 31.1. The molecular weight excluding hydrogens is 242 g/mol. The lowest BCUT2D eigenvalue weighted by atomic mass is 10.4. The lowest BCUT2D eigenvalue weighted by Gasteiger charge is -2.16. The molecule has 0 aromatic heterocycles. The van der Waals surface area contributed by atoms with Crippen molar-refractivity contribution in [3.05, 3.63) is 0 Å². The van der Waals surface area contributed by atoms with E-state index >= 15 is 0 Å². The van der Waals surface area contributed by atoms with E-state index in [4.69, 9.17) is 0 Å². The van der Waals surface area contributed by atoms with E-state index in [2.05, 4.69) is 30.0 Å². The Labute approximate surface area is 114 Å². The predicted octanol–water partition coefficient (Wildman–Crippen LogP) is 5.89. The first-order chi connectivity index (χ1) is 8.24. The van der Waals surface area contributed by atoms with Gasteiger partial charge in [-0.15, -0.1) is 17.2 Å². The third-order valence-electron chi connectivity index (χ3n) is 3.11. The first-order valence-corrected chi connectivity index (χ1v) is 10.3. The Morgan fingerprint density at radius 1 is 0.824 bits per heavy atom. The van der Waals surface area contributed by atoms with Gasteiger partial charge >= 0.3 is 0 Å². The maximum atomic E-state index is 2.77. The summed E-state index contributed by atoms with van der Waals surface area (Å²) in [6.45, 7) is 6.94. The highest BCUT2D eigenvalue weighted by Crippen LogP contribution is 2.38. The van der Waals surface area contributed by atoms with E-state index in [1.54, 1.807) is 18.5 Å². The van der Waals surface area contributed by atoms with Crippen LogP contribution >= 0.6 is 17.2 Å². The SMILES string of the molecule is CCCCP(CCCC)CCCC.PC1CC1. The molecule has 0 aromatic rings. The Hall–Kier alpha value is 0.860. The summed E-state index contributed by atoms with van der Waals surface area (Å²) in [4.78, 5) is 0. The fourth-order valence-corrected chi connectivity index (χ4v) is 4.73. The lowest BCUT2D eigenvalue weighted by molar-refractivity contribution is 0.847. The summed E-state index contributed by atoms with van der Waals surface area (Å²) in [6.07, 6.45) is 16.1. The smallest absolute Gasteiger partial charge is 0.0264 e. The second-order valence-electron chi connectivity index (χ2n) is 5.24. The molecule has 0 saturated heterocycles. The van der Waals surface area contributed by atoms with Crippen LogP contribution in [0.5, 0.6) is 0 Å². The Morgan fingerprint density at radius 3 is 1.29 bits per heavy atom. The van der Waals surface area contributed by atoms with Crippen LogP contribution in [0, 0.1) is 0 Å².